The van der Waals surface area contributed by atoms with Gasteiger partial charge in [-0.3, -0.25) is 0 Å². The van der Waals surface area contributed by atoms with Crippen molar-refractivity contribution in [1.29, 1.82) is 5.26 Å². The molecule has 0 spiro atoms. The van der Waals surface area contributed by atoms with Crippen molar-refractivity contribution in [3.63, 3.8) is 0 Å². The summed E-state index contributed by atoms with van der Waals surface area (Å²) in [6, 6.07) is 2.38. The van der Waals surface area contributed by atoms with Gasteiger partial charge in [-0.2, -0.15) is 5.26 Å². The van der Waals surface area contributed by atoms with Crippen molar-refractivity contribution in [2.45, 2.75) is 58.8 Å². The van der Waals surface area contributed by atoms with Crippen LogP contribution < -0.4 is 0 Å². The van der Waals surface area contributed by atoms with Gasteiger partial charge in [0.2, 0.25) is 0 Å². The molecule has 2 heteroatoms. The number of rotatable bonds is 6. The van der Waals surface area contributed by atoms with Crippen LogP contribution in [-0.4, -0.2) is 25.0 Å². The summed E-state index contributed by atoms with van der Waals surface area (Å²) < 4.78 is 0. The van der Waals surface area contributed by atoms with Crippen molar-refractivity contribution in [2.24, 2.45) is 11.3 Å². The Morgan fingerprint density at radius 1 is 1.24 bits per heavy atom. The number of nitriles is 1. The first-order valence-electron chi connectivity index (χ1n) is 7.13. The van der Waals surface area contributed by atoms with Crippen molar-refractivity contribution in [3.8, 4) is 6.07 Å². The lowest BCUT2D eigenvalue weighted by molar-refractivity contribution is 0.225. The average Bonchev–Trinajstić information content (AvgIpc) is 2.30. The zero-order valence-corrected chi connectivity index (χ0v) is 11.8. The van der Waals surface area contributed by atoms with Crippen molar-refractivity contribution >= 4 is 0 Å². The predicted molar refractivity (Wildman–Crippen MR) is 72.7 cm³/mol. The number of nitrogens with zero attached hydrogens (tertiary/aromatic N) is 2. The highest BCUT2D eigenvalue weighted by Gasteiger charge is 2.18. The fourth-order valence-corrected chi connectivity index (χ4v) is 2.75. The molecule has 0 saturated heterocycles. The van der Waals surface area contributed by atoms with Crippen LogP contribution in [0.4, 0.5) is 0 Å². The van der Waals surface area contributed by atoms with Crippen LogP contribution in [0.2, 0.25) is 0 Å². The SMILES string of the molecule is CN(CCCC(C)(C)C#N)CC1CCCCC1. The molecule has 0 N–H and O–H groups in total. The molecule has 0 aliphatic heterocycles. The van der Waals surface area contributed by atoms with Crippen LogP contribution in [-0.2, 0) is 0 Å². The second-order valence-corrected chi connectivity index (χ2v) is 6.37. The van der Waals surface area contributed by atoms with Gasteiger partial charge < -0.3 is 4.90 Å². The first-order chi connectivity index (χ1) is 8.03. The van der Waals surface area contributed by atoms with Gasteiger partial charge >= 0.3 is 0 Å². The third-order valence-corrected chi connectivity index (χ3v) is 3.94. The van der Waals surface area contributed by atoms with Crippen molar-refractivity contribution < 1.29 is 0 Å². The zero-order chi connectivity index (χ0) is 12.7. The highest BCUT2D eigenvalue weighted by molar-refractivity contribution is 4.91. The molecule has 1 rings (SSSR count). The highest BCUT2D eigenvalue weighted by atomic mass is 15.1. The molecule has 0 aromatic rings. The molecule has 1 fully saturated rings. The number of hydrogen-bond acceptors (Lipinski definition) is 2. The Morgan fingerprint density at radius 2 is 1.88 bits per heavy atom. The molecule has 0 radical (unpaired) electrons. The zero-order valence-electron chi connectivity index (χ0n) is 11.8. The maximum atomic E-state index is 8.96. The largest absolute Gasteiger partial charge is 0.306 e. The molecule has 0 unspecified atom stereocenters. The molecular weight excluding hydrogens is 208 g/mol. The maximum Gasteiger partial charge on any atom is 0.0683 e. The van der Waals surface area contributed by atoms with Gasteiger partial charge in [-0.1, -0.05) is 19.3 Å². The first-order valence-corrected chi connectivity index (χ1v) is 7.13. The summed E-state index contributed by atoms with van der Waals surface area (Å²) >= 11 is 0. The van der Waals surface area contributed by atoms with Crippen LogP contribution in [0.25, 0.3) is 0 Å². The van der Waals surface area contributed by atoms with E-state index in [0.29, 0.717) is 0 Å². The molecule has 0 bridgehead atoms. The average molecular weight is 236 g/mol. The summed E-state index contributed by atoms with van der Waals surface area (Å²) in [7, 11) is 2.23. The first kappa shape index (κ1) is 14.5. The van der Waals surface area contributed by atoms with Gasteiger partial charge in [0.15, 0.2) is 0 Å². The quantitative estimate of drug-likeness (QED) is 0.701. The van der Waals surface area contributed by atoms with E-state index in [-0.39, 0.29) is 5.41 Å². The van der Waals surface area contributed by atoms with Gasteiger partial charge in [-0.25, -0.2) is 0 Å². The third kappa shape index (κ3) is 6.07. The topological polar surface area (TPSA) is 27.0 Å². The van der Waals surface area contributed by atoms with E-state index in [0.717, 1.165) is 25.3 Å². The maximum absolute atomic E-state index is 8.96. The van der Waals surface area contributed by atoms with E-state index in [9.17, 15) is 0 Å². The Labute approximate surface area is 107 Å². The van der Waals surface area contributed by atoms with Crippen molar-refractivity contribution in [2.75, 3.05) is 20.1 Å². The van der Waals surface area contributed by atoms with Crippen molar-refractivity contribution in [3.05, 3.63) is 0 Å². The molecule has 2 nitrogen and oxygen atoms in total. The van der Waals surface area contributed by atoms with E-state index in [4.69, 9.17) is 5.26 Å². The lowest BCUT2D eigenvalue weighted by Gasteiger charge is -2.27. The van der Waals surface area contributed by atoms with Gasteiger partial charge in [-0.15, -0.1) is 0 Å². The predicted octanol–water partition coefficient (Wildman–Crippen LogP) is 3.83. The second kappa shape index (κ2) is 7.01. The number of hydrogen-bond donors (Lipinski definition) is 0. The van der Waals surface area contributed by atoms with E-state index in [2.05, 4.69) is 18.0 Å². The minimum absolute atomic E-state index is 0.147. The van der Waals surface area contributed by atoms with Crippen LogP contribution in [0.15, 0.2) is 0 Å². The minimum atomic E-state index is -0.147. The molecule has 0 amide bonds. The summed E-state index contributed by atoms with van der Waals surface area (Å²) in [5.41, 5.74) is -0.147. The fourth-order valence-electron chi connectivity index (χ4n) is 2.75. The Morgan fingerprint density at radius 3 is 2.47 bits per heavy atom. The Kier molecular flexibility index (Phi) is 5.98. The molecule has 1 aliphatic rings. The molecule has 0 atom stereocenters. The van der Waals surface area contributed by atoms with Crippen LogP contribution in [0, 0.1) is 22.7 Å². The van der Waals surface area contributed by atoms with Crippen LogP contribution in [0.3, 0.4) is 0 Å². The third-order valence-electron chi connectivity index (χ3n) is 3.94. The van der Waals surface area contributed by atoms with Crippen molar-refractivity contribution in [1.82, 2.24) is 4.90 Å². The van der Waals surface area contributed by atoms with E-state index < -0.39 is 0 Å². The lowest BCUT2D eigenvalue weighted by atomic mass is 9.88. The highest BCUT2D eigenvalue weighted by Crippen LogP contribution is 2.25. The Bertz CT molecular complexity index is 246. The molecule has 0 heterocycles. The van der Waals surface area contributed by atoms with Gasteiger partial charge in [0.05, 0.1) is 11.5 Å². The van der Waals surface area contributed by atoms with Gasteiger partial charge in [-0.05, 0) is 59.0 Å². The van der Waals surface area contributed by atoms with Gasteiger partial charge in [0, 0.05) is 6.54 Å². The Hall–Kier alpha value is -0.550. The Balaban J connectivity index is 2.12. The van der Waals surface area contributed by atoms with E-state index in [1.165, 1.54) is 38.6 Å². The molecule has 0 aromatic heterocycles. The van der Waals surface area contributed by atoms with Crippen LogP contribution >= 0.6 is 0 Å². The van der Waals surface area contributed by atoms with Crippen LogP contribution in [0.5, 0.6) is 0 Å². The second-order valence-electron chi connectivity index (χ2n) is 6.37. The summed E-state index contributed by atoms with van der Waals surface area (Å²) in [6.45, 7) is 6.47. The standard InChI is InChI=1S/C15H28N2/c1-15(2,13-16)10-7-11-17(3)12-14-8-5-4-6-9-14/h14H,4-12H2,1-3H3. The van der Waals surface area contributed by atoms with Crippen LogP contribution in [0.1, 0.15) is 58.8 Å². The normalized spacial score (nSPS) is 18.3. The molecule has 1 saturated carbocycles. The summed E-state index contributed by atoms with van der Waals surface area (Å²) in [6.07, 6.45) is 9.31. The van der Waals surface area contributed by atoms with E-state index in [1.54, 1.807) is 0 Å². The lowest BCUT2D eigenvalue weighted by Crippen LogP contribution is -2.28. The summed E-state index contributed by atoms with van der Waals surface area (Å²) in [5, 5.41) is 8.96. The smallest absolute Gasteiger partial charge is 0.0683 e. The van der Waals surface area contributed by atoms with Gasteiger partial charge in [0.25, 0.3) is 0 Å². The molecular formula is C15H28N2. The minimum Gasteiger partial charge on any atom is -0.306 e. The summed E-state index contributed by atoms with van der Waals surface area (Å²) in [5.74, 6) is 0.928. The van der Waals surface area contributed by atoms with Gasteiger partial charge in [0.1, 0.15) is 0 Å². The monoisotopic (exact) mass is 236 g/mol. The fraction of sp³-hybridized carbons (Fsp3) is 0.933. The van der Waals surface area contributed by atoms with E-state index in [1.807, 2.05) is 13.8 Å². The molecule has 17 heavy (non-hydrogen) atoms. The van der Waals surface area contributed by atoms with E-state index >= 15 is 0 Å². The molecule has 1 aliphatic carbocycles. The molecule has 98 valence electrons. The molecule has 0 aromatic carbocycles. The summed E-state index contributed by atoms with van der Waals surface area (Å²) in [4.78, 5) is 2.46.